The molecule has 1 fully saturated rings. The minimum Gasteiger partial charge on any atom is -0.365 e. The maximum atomic E-state index is 4.55. The summed E-state index contributed by atoms with van der Waals surface area (Å²) < 4.78 is 0. The molecule has 4 heteroatoms. The normalized spacial score (nSPS) is 14.9. The van der Waals surface area contributed by atoms with Gasteiger partial charge in [-0.3, -0.25) is 0 Å². The van der Waals surface area contributed by atoms with Gasteiger partial charge in [0.1, 0.15) is 11.6 Å². The fraction of sp³-hybridized carbons (Fsp3) is 0.385. The van der Waals surface area contributed by atoms with E-state index in [0.717, 1.165) is 18.2 Å². The average Bonchev–Trinajstić information content (AvgIpc) is 3.12. The summed E-state index contributed by atoms with van der Waals surface area (Å²) in [5.41, 5.74) is 1.35. The Morgan fingerprint density at radius 1 is 1.41 bits per heavy atom. The molecule has 1 N–H and O–H groups in total. The molecule has 0 amide bonds. The lowest BCUT2D eigenvalue weighted by Gasteiger charge is -2.06. The number of hydrogen-bond donors (Lipinski definition) is 1. The van der Waals surface area contributed by atoms with Crippen LogP contribution in [0.2, 0.25) is 0 Å². The van der Waals surface area contributed by atoms with Crippen LogP contribution in [0.5, 0.6) is 0 Å². The standard InChI is InChI=1S/C13H15N3S/c1-9-5-7-17-11(9)8-15-12-4-6-14-13(16-12)10-2-3-10/h4-7,10H,2-3,8H2,1H3,(H,14,15,16). The molecule has 1 aliphatic rings. The van der Waals surface area contributed by atoms with E-state index in [2.05, 4.69) is 33.7 Å². The van der Waals surface area contributed by atoms with Gasteiger partial charge in [0, 0.05) is 17.0 Å². The fourth-order valence-electron chi connectivity index (χ4n) is 1.77. The third-order valence-corrected chi connectivity index (χ3v) is 4.04. The Hall–Kier alpha value is -1.42. The summed E-state index contributed by atoms with van der Waals surface area (Å²) in [6.45, 7) is 2.99. The van der Waals surface area contributed by atoms with Crippen molar-refractivity contribution < 1.29 is 0 Å². The zero-order chi connectivity index (χ0) is 11.7. The second kappa shape index (κ2) is 4.45. The minimum absolute atomic E-state index is 0.611. The van der Waals surface area contributed by atoms with Crippen molar-refractivity contribution in [2.75, 3.05) is 5.32 Å². The molecule has 17 heavy (non-hydrogen) atoms. The summed E-state index contributed by atoms with van der Waals surface area (Å²) >= 11 is 1.79. The molecule has 0 aromatic carbocycles. The highest BCUT2D eigenvalue weighted by atomic mass is 32.1. The van der Waals surface area contributed by atoms with Gasteiger partial charge in [0.05, 0.1) is 6.54 Å². The molecule has 0 saturated heterocycles. The number of nitrogens with zero attached hydrogens (tertiary/aromatic N) is 2. The first-order chi connectivity index (χ1) is 8.33. The van der Waals surface area contributed by atoms with Crippen LogP contribution < -0.4 is 5.32 Å². The Bertz CT molecular complexity index is 517. The molecule has 88 valence electrons. The smallest absolute Gasteiger partial charge is 0.133 e. The maximum absolute atomic E-state index is 4.55. The molecule has 2 heterocycles. The summed E-state index contributed by atoms with van der Waals surface area (Å²) in [4.78, 5) is 10.2. The zero-order valence-corrected chi connectivity index (χ0v) is 10.6. The van der Waals surface area contributed by atoms with E-state index in [0.29, 0.717) is 5.92 Å². The molecule has 2 aromatic heterocycles. The van der Waals surface area contributed by atoms with Crippen LogP contribution in [-0.4, -0.2) is 9.97 Å². The molecule has 0 unspecified atom stereocenters. The monoisotopic (exact) mass is 245 g/mol. The van der Waals surface area contributed by atoms with Crippen molar-refractivity contribution in [2.45, 2.75) is 32.2 Å². The number of nitrogens with one attached hydrogen (secondary N) is 1. The van der Waals surface area contributed by atoms with Crippen molar-refractivity contribution in [3.05, 3.63) is 40.0 Å². The van der Waals surface area contributed by atoms with Gasteiger partial charge in [-0.2, -0.15) is 0 Å². The van der Waals surface area contributed by atoms with Gasteiger partial charge in [-0.15, -0.1) is 11.3 Å². The molecule has 0 aliphatic heterocycles. The van der Waals surface area contributed by atoms with Gasteiger partial charge >= 0.3 is 0 Å². The largest absolute Gasteiger partial charge is 0.365 e. The van der Waals surface area contributed by atoms with E-state index in [9.17, 15) is 0 Å². The van der Waals surface area contributed by atoms with Gasteiger partial charge in [0.15, 0.2) is 0 Å². The van der Waals surface area contributed by atoms with Crippen LogP contribution in [0.3, 0.4) is 0 Å². The summed E-state index contributed by atoms with van der Waals surface area (Å²) in [6.07, 6.45) is 4.34. The predicted molar refractivity (Wildman–Crippen MR) is 70.4 cm³/mol. The average molecular weight is 245 g/mol. The molecular formula is C13H15N3S. The van der Waals surface area contributed by atoms with Crippen LogP contribution in [0, 0.1) is 6.92 Å². The van der Waals surface area contributed by atoms with Crippen LogP contribution in [-0.2, 0) is 6.54 Å². The SMILES string of the molecule is Cc1ccsc1CNc1ccnc(C2CC2)n1. The molecule has 0 radical (unpaired) electrons. The van der Waals surface area contributed by atoms with Crippen LogP contribution in [0.25, 0.3) is 0 Å². The van der Waals surface area contributed by atoms with Crippen molar-refractivity contribution in [3.63, 3.8) is 0 Å². The lowest BCUT2D eigenvalue weighted by molar-refractivity contribution is 0.921. The molecule has 0 atom stereocenters. The summed E-state index contributed by atoms with van der Waals surface area (Å²) in [5, 5.41) is 5.50. The van der Waals surface area contributed by atoms with Crippen molar-refractivity contribution >= 4 is 17.2 Å². The van der Waals surface area contributed by atoms with E-state index >= 15 is 0 Å². The number of aromatic nitrogens is 2. The zero-order valence-electron chi connectivity index (χ0n) is 9.81. The second-order valence-corrected chi connectivity index (χ2v) is 5.46. The lowest BCUT2D eigenvalue weighted by Crippen LogP contribution is -2.03. The van der Waals surface area contributed by atoms with E-state index in [1.54, 1.807) is 11.3 Å². The van der Waals surface area contributed by atoms with Crippen molar-refractivity contribution in [3.8, 4) is 0 Å². The number of anilines is 1. The van der Waals surface area contributed by atoms with Crippen LogP contribution in [0.15, 0.2) is 23.7 Å². The van der Waals surface area contributed by atoms with Gasteiger partial charge in [0.2, 0.25) is 0 Å². The molecular weight excluding hydrogens is 230 g/mol. The van der Waals surface area contributed by atoms with Gasteiger partial charge < -0.3 is 5.32 Å². The Balaban J connectivity index is 1.68. The Morgan fingerprint density at radius 3 is 3.00 bits per heavy atom. The number of hydrogen-bond acceptors (Lipinski definition) is 4. The van der Waals surface area contributed by atoms with Gasteiger partial charge in [-0.1, -0.05) is 0 Å². The maximum Gasteiger partial charge on any atom is 0.133 e. The predicted octanol–water partition coefficient (Wildman–Crippen LogP) is 3.34. The summed E-state index contributed by atoms with van der Waals surface area (Å²) in [6, 6.07) is 4.09. The molecule has 1 aliphatic carbocycles. The first-order valence-corrected chi connectivity index (χ1v) is 6.80. The lowest BCUT2D eigenvalue weighted by atomic mass is 10.3. The minimum atomic E-state index is 0.611. The highest BCUT2D eigenvalue weighted by molar-refractivity contribution is 7.10. The first-order valence-electron chi connectivity index (χ1n) is 5.93. The van der Waals surface area contributed by atoms with Crippen molar-refractivity contribution in [1.29, 1.82) is 0 Å². The number of aryl methyl sites for hydroxylation is 1. The van der Waals surface area contributed by atoms with Crippen molar-refractivity contribution in [1.82, 2.24) is 9.97 Å². The van der Waals surface area contributed by atoms with E-state index in [-0.39, 0.29) is 0 Å². The topological polar surface area (TPSA) is 37.8 Å². The summed E-state index contributed by atoms with van der Waals surface area (Å²) in [5.74, 6) is 2.55. The molecule has 3 rings (SSSR count). The van der Waals surface area contributed by atoms with E-state index in [1.807, 2.05) is 12.3 Å². The van der Waals surface area contributed by atoms with Crippen LogP contribution >= 0.6 is 11.3 Å². The van der Waals surface area contributed by atoms with E-state index < -0.39 is 0 Å². The van der Waals surface area contributed by atoms with E-state index in [4.69, 9.17) is 0 Å². The van der Waals surface area contributed by atoms with Crippen molar-refractivity contribution in [2.24, 2.45) is 0 Å². The highest BCUT2D eigenvalue weighted by Crippen LogP contribution is 2.38. The molecule has 0 bridgehead atoms. The van der Waals surface area contributed by atoms with E-state index in [1.165, 1.54) is 23.3 Å². The Kier molecular flexibility index (Phi) is 2.81. The fourth-order valence-corrected chi connectivity index (χ4v) is 2.61. The molecule has 3 nitrogen and oxygen atoms in total. The van der Waals surface area contributed by atoms with Crippen LogP contribution in [0.1, 0.15) is 35.0 Å². The molecule has 1 saturated carbocycles. The number of thiophene rings is 1. The molecule has 0 spiro atoms. The van der Waals surface area contributed by atoms with Gasteiger partial charge in [-0.25, -0.2) is 9.97 Å². The summed E-state index contributed by atoms with van der Waals surface area (Å²) in [7, 11) is 0. The number of rotatable bonds is 4. The third kappa shape index (κ3) is 2.47. The quantitative estimate of drug-likeness (QED) is 0.897. The third-order valence-electron chi connectivity index (χ3n) is 3.01. The molecule has 2 aromatic rings. The Morgan fingerprint density at radius 2 is 2.29 bits per heavy atom. The first kappa shape index (κ1) is 10.7. The highest BCUT2D eigenvalue weighted by Gasteiger charge is 2.26. The van der Waals surface area contributed by atoms with Gasteiger partial charge in [0.25, 0.3) is 0 Å². The van der Waals surface area contributed by atoms with Gasteiger partial charge in [-0.05, 0) is 42.8 Å². The second-order valence-electron chi connectivity index (χ2n) is 4.45. The Labute approximate surface area is 105 Å². The van der Waals surface area contributed by atoms with Crippen LogP contribution in [0.4, 0.5) is 5.82 Å².